The highest BCUT2D eigenvalue weighted by atomic mass is 35.5. The largest absolute Gasteiger partial charge is 0.488 e. The Morgan fingerprint density at radius 2 is 2.35 bits per heavy atom. The van der Waals surface area contributed by atoms with Gasteiger partial charge in [-0.1, -0.05) is 17.7 Å². The van der Waals surface area contributed by atoms with E-state index in [1.54, 1.807) is 7.11 Å². The van der Waals surface area contributed by atoms with Gasteiger partial charge in [0.25, 0.3) is 0 Å². The van der Waals surface area contributed by atoms with Gasteiger partial charge in [0, 0.05) is 37.4 Å². The molecule has 0 radical (unpaired) electrons. The summed E-state index contributed by atoms with van der Waals surface area (Å²) in [7, 11) is 1.69. The molecule has 1 unspecified atom stereocenters. The van der Waals surface area contributed by atoms with Crippen LogP contribution in [0.4, 0.5) is 0 Å². The zero-order valence-electron chi connectivity index (χ0n) is 11.9. The summed E-state index contributed by atoms with van der Waals surface area (Å²) < 4.78 is 16.5. The molecule has 1 saturated heterocycles. The molecule has 20 heavy (non-hydrogen) atoms. The molecule has 0 amide bonds. The third-order valence-electron chi connectivity index (χ3n) is 3.27. The minimum absolute atomic E-state index is 0.125. The summed E-state index contributed by atoms with van der Waals surface area (Å²) in [6.45, 7) is 3.63. The SMILES string of the molecule is COCCNCc1c(Cl)cccc1OC1CCCOC1. The van der Waals surface area contributed by atoms with E-state index in [2.05, 4.69) is 5.32 Å². The summed E-state index contributed by atoms with van der Waals surface area (Å²) in [5.74, 6) is 0.845. The van der Waals surface area contributed by atoms with Gasteiger partial charge in [0.2, 0.25) is 0 Å². The maximum absolute atomic E-state index is 6.28. The van der Waals surface area contributed by atoms with Gasteiger partial charge in [-0.15, -0.1) is 0 Å². The molecule has 2 rings (SSSR count). The lowest BCUT2D eigenvalue weighted by atomic mass is 10.1. The Hall–Kier alpha value is -0.810. The first kappa shape index (κ1) is 15.6. The van der Waals surface area contributed by atoms with Gasteiger partial charge in [-0.05, 0) is 25.0 Å². The van der Waals surface area contributed by atoms with Crippen LogP contribution >= 0.6 is 11.6 Å². The molecule has 4 nitrogen and oxygen atoms in total. The maximum atomic E-state index is 6.28. The predicted molar refractivity (Wildman–Crippen MR) is 79.5 cm³/mol. The zero-order chi connectivity index (χ0) is 14.2. The molecule has 0 aromatic heterocycles. The van der Waals surface area contributed by atoms with Crippen LogP contribution in [0.15, 0.2) is 18.2 Å². The molecule has 112 valence electrons. The Bertz CT molecular complexity index is 408. The van der Waals surface area contributed by atoms with Gasteiger partial charge in [0.15, 0.2) is 0 Å². The van der Waals surface area contributed by atoms with Gasteiger partial charge in [0.05, 0.1) is 13.2 Å². The third-order valence-corrected chi connectivity index (χ3v) is 3.63. The van der Waals surface area contributed by atoms with Crippen molar-refractivity contribution >= 4 is 11.6 Å². The van der Waals surface area contributed by atoms with Crippen molar-refractivity contribution in [3.05, 3.63) is 28.8 Å². The molecule has 1 fully saturated rings. The van der Waals surface area contributed by atoms with Gasteiger partial charge in [-0.2, -0.15) is 0 Å². The van der Waals surface area contributed by atoms with E-state index >= 15 is 0 Å². The second kappa shape index (κ2) is 8.47. The number of hydrogen-bond donors (Lipinski definition) is 1. The molecule has 0 bridgehead atoms. The van der Waals surface area contributed by atoms with E-state index in [9.17, 15) is 0 Å². The molecule has 0 saturated carbocycles. The van der Waals surface area contributed by atoms with Crippen LogP contribution in [0.5, 0.6) is 5.75 Å². The molecule has 1 atom stereocenters. The second-order valence-corrected chi connectivity index (χ2v) is 5.25. The molecule has 1 N–H and O–H groups in total. The van der Waals surface area contributed by atoms with E-state index in [4.69, 9.17) is 25.8 Å². The Morgan fingerprint density at radius 3 is 3.10 bits per heavy atom. The molecule has 0 spiro atoms. The van der Waals surface area contributed by atoms with E-state index in [0.717, 1.165) is 42.3 Å². The Kier molecular flexibility index (Phi) is 6.60. The lowest BCUT2D eigenvalue weighted by Crippen LogP contribution is -2.28. The van der Waals surface area contributed by atoms with Crippen LogP contribution in [-0.2, 0) is 16.0 Å². The smallest absolute Gasteiger partial charge is 0.125 e. The summed E-state index contributed by atoms with van der Waals surface area (Å²) in [6.07, 6.45) is 2.20. The summed E-state index contributed by atoms with van der Waals surface area (Å²) in [6, 6.07) is 5.77. The van der Waals surface area contributed by atoms with Crippen molar-refractivity contribution in [1.82, 2.24) is 5.32 Å². The van der Waals surface area contributed by atoms with Crippen molar-refractivity contribution in [2.24, 2.45) is 0 Å². The lowest BCUT2D eigenvalue weighted by Gasteiger charge is -2.25. The lowest BCUT2D eigenvalue weighted by molar-refractivity contribution is 0.00700. The highest BCUT2D eigenvalue weighted by Crippen LogP contribution is 2.28. The van der Waals surface area contributed by atoms with Crippen LogP contribution < -0.4 is 10.1 Å². The first-order valence-electron chi connectivity index (χ1n) is 7.02. The molecule has 1 heterocycles. The first-order chi connectivity index (χ1) is 9.81. The predicted octanol–water partition coefficient (Wildman–Crippen LogP) is 2.63. The molecular weight excluding hydrogens is 278 g/mol. The van der Waals surface area contributed by atoms with E-state index in [1.807, 2.05) is 18.2 Å². The molecule has 1 aromatic carbocycles. The fourth-order valence-electron chi connectivity index (χ4n) is 2.19. The van der Waals surface area contributed by atoms with Crippen molar-refractivity contribution in [3.8, 4) is 5.75 Å². The van der Waals surface area contributed by atoms with Gasteiger partial charge in [0.1, 0.15) is 11.9 Å². The maximum Gasteiger partial charge on any atom is 0.125 e. The summed E-state index contributed by atoms with van der Waals surface area (Å²) >= 11 is 6.28. The van der Waals surface area contributed by atoms with Gasteiger partial charge >= 0.3 is 0 Å². The van der Waals surface area contributed by atoms with Crippen molar-refractivity contribution in [3.63, 3.8) is 0 Å². The van der Waals surface area contributed by atoms with Crippen LogP contribution in [0, 0.1) is 0 Å². The topological polar surface area (TPSA) is 39.7 Å². The number of benzene rings is 1. The van der Waals surface area contributed by atoms with Crippen LogP contribution in [0.2, 0.25) is 5.02 Å². The highest BCUT2D eigenvalue weighted by Gasteiger charge is 2.17. The molecule has 1 aliphatic rings. The van der Waals surface area contributed by atoms with Crippen LogP contribution in [0.3, 0.4) is 0 Å². The minimum Gasteiger partial charge on any atom is -0.488 e. The summed E-state index contributed by atoms with van der Waals surface area (Å²) in [5.41, 5.74) is 0.996. The number of ether oxygens (including phenoxy) is 3. The van der Waals surface area contributed by atoms with E-state index in [-0.39, 0.29) is 6.10 Å². The molecule has 1 aliphatic heterocycles. The van der Waals surface area contributed by atoms with E-state index in [1.165, 1.54) is 0 Å². The van der Waals surface area contributed by atoms with Crippen molar-refractivity contribution in [2.45, 2.75) is 25.5 Å². The Balaban J connectivity index is 1.97. The average molecular weight is 300 g/mol. The van der Waals surface area contributed by atoms with Crippen molar-refractivity contribution in [1.29, 1.82) is 0 Å². The number of rotatable bonds is 7. The average Bonchev–Trinajstić information content (AvgIpc) is 2.47. The summed E-state index contributed by atoms with van der Waals surface area (Å²) in [5, 5.41) is 4.03. The van der Waals surface area contributed by atoms with Gasteiger partial charge in [-0.25, -0.2) is 0 Å². The van der Waals surface area contributed by atoms with Gasteiger partial charge in [-0.3, -0.25) is 0 Å². The molecule has 0 aliphatic carbocycles. The standard InChI is InChI=1S/C15H22ClNO3/c1-18-9-7-17-10-13-14(16)5-2-6-15(13)20-12-4-3-8-19-11-12/h2,5-6,12,17H,3-4,7-11H2,1H3. The quantitative estimate of drug-likeness (QED) is 0.786. The number of nitrogens with one attached hydrogen (secondary N) is 1. The van der Waals surface area contributed by atoms with Crippen LogP contribution in [-0.4, -0.2) is 39.6 Å². The Labute approximate surface area is 125 Å². The second-order valence-electron chi connectivity index (χ2n) is 4.84. The highest BCUT2D eigenvalue weighted by molar-refractivity contribution is 6.31. The molecule has 1 aromatic rings. The Morgan fingerprint density at radius 1 is 1.45 bits per heavy atom. The number of halogens is 1. The van der Waals surface area contributed by atoms with E-state index < -0.39 is 0 Å². The monoisotopic (exact) mass is 299 g/mol. The molecular formula is C15H22ClNO3. The zero-order valence-corrected chi connectivity index (χ0v) is 12.6. The minimum atomic E-state index is 0.125. The van der Waals surface area contributed by atoms with Crippen LogP contribution in [0.25, 0.3) is 0 Å². The fourth-order valence-corrected chi connectivity index (χ4v) is 2.42. The first-order valence-corrected chi connectivity index (χ1v) is 7.40. The van der Waals surface area contributed by atoms with E-state index in [0.29, 0.717) is 19.8 Å². The van der Waals surface area contributed by atoms with Gasteiger partial charge < -0.3 is 19.5 Å². The van der Waals surface area contributed by atoms with Crippen molar-refractivity contribution < 1.29 is 14.2 Å². The van der Waals surface area contributed by atoms with Crippen LogP contribution in [0.1, 0.15) is 18.4 Å². The summed E-state index contributed by atoms with van der Waals surface area (Å²) in [4.78, 5) is 0. The molecule has 5 heteroatoms. The normalized spacial score (nSPS) is 19.0. The van der Waals surface area contributed by atoms with Crippen molar-refractivity contribution in [2.75, 3.05) is 33.5 Å². The fraction of sp³-hybridized carbons (Fsp3) is 0.600. The number of methoxy groups -OCH3 is 1. The third kappa shape index (κ3) is 4.63. The number of hydrogen-bond acceptors (Lipinski definition) is 4.